The highest BCUT2D eigenvalue weighted by molar-refractivity contribution is 7.18. The lowest BCUT2D eigenvalue weighted by Gasteiger charge is -2.23. The summed E-state index contributed by atoms with van der Waals surface area (Å²) in [6.07, 6.45) is 0. The third-order valence-electron chi connectivity index (χ3n) is 9.62. The Morgan fingerprint density at radius 3 is 1.53 bits per heavy atom. The molecule has 0 saturated heterocycles. The maximum atomic E-state index is 11.7. The van der Waals surface area contributed by atoms with Gasteiger partial charge in [-0.15, -0.1) is 56.7 Å². The fraction of sp³-hybridized carbons (Fsp3) is 0.442. The Kier molecular flexibility index (Phi) is 36.1. The molecule has 0 aromatic carbocycles. The van der Waals surface area contributed by atoms with Gasteiger partial charge in [-0.25, -0.2) is 34.1 Å². The number of nitrogens with one attached hydrogen (secondary N) is 1. The second kappa shape index (κ2) is 38.2. The molecule has 0 unspecified atom stereocenters. The van der Waals surface area contributed by atoms with Crippen LogP contribution in [0.5, 0.6) is 0 Å². The first-order chi connectivity index (χ1) is 36.4. The minimum absolute atomic E-state index is 0. The summed E-state index contributed by atoms with van der Waals surface area (Å²) in [5.74, 6) is 0.223. The number of rotatable bonds is 10. The van der Waals surface area contributed by atoms with Gasteiger partial charge in [0.2, 0.25) is 0 Å². The number of esters is 4. The summed E-state index contributed by atoms with van der Waals surface area (Å²) in [5.41, 5.74) is 7.44. The van der Waals surface area contributed by atoms with E-state index in [-0.39, 0.29) is 36.9 Å². The summed E-state index contributed by atoms with van der Waals surface area (Å²) in [6, 6.07) is 8.79. The number of methoxy groups -OCH3 is 9. The van der Waals surface area contributed by atoms with Crippen molar-refractivity contribution in [2.75, 3.05) is 82.1 Å². The zero-order valence-electron chi connectivity index (χ0n) is 47.6. The number of carbonyl (C=O) groups excluding carboxylic acids is 4. The van der Waals surface area contributed by atoms with E-state index in [1.807, 2.05) is 60.6 Å². The normalized spacial score (nSPS) is 10.7. The van der Waals surface area contributed by atoms with E-state index < -0.39 is 5.97 Å². The molecule has 3 N–H and O–H groups in total. The number of nitrogens with zero attached hydrogens (tertiary/aromatic N) is 5. The summed E-state index contributed by atoms with van der Waals surface area (Å²) < 4.78 is 44.2. The van der Waals surface area contributed by atoms with Crippen LogP contribution in [0.2, 0.25) is 0 Å². The molecular formula is C52H77N7O14S5. The van der Waals surface area contributed by atoms with Crippen LogP contribution in [0.1, 0.15) is 111 Å². The molecule has 26 heteroatoms. The van der Waals surface area contributed by atoms with Crippen molar-refractivity contribution in [2.24, 2.45) is 22.0 Å². The second-order valence-corrected chi connectivity index (χ2v) is 20.2. The number of aliphatic imine (C=N–C) groups is 3. The third kappa shape index (κ3) is 24.1. The number of thiophene rings is 5. The fourth-order valence-corrected chi connectivity index (χ4v) is 9.29. The van der Waals surface area contributed by atoms with Gasteiger partial charge in [0, 0.05) is 70.8 Å². The van der Waals surface area contributed by atoms with Crippen molar-refractivity contribution in [3.8, 4) is 0 Å². The number of nitrogens with two attached hydrogens (primary N) is 1. The van der Waals surface area contributed by atoms with Gasteiger partial charge in [0.05, 0.1) is 76.1 Å². The van der Waals surface area contributed by atoms with Crippen LogP contribution in [0.3, 0.4) is 0 Å². The van der Waals surface area contributed by atoms with E-state index >= 15 is 0 Å². The van der Waals surface area contributed by atoms with Gasteiger partial charge in [-0.3, -0.25) is 14.4 Å². The lowest BCUT2D eigenvalue weighted by molar-refractivity contribution is -0.340. The van der Waals surface area contributed by atoms with Crippen LogP contribution >= 0.6 is 56.7 Å². The van der Waals surface area contributed by atoms with Crippen molar-refractivity contribution < 1.29 is 61.8 Å². The number of fused-ring (bicyclic) bond motifs is 1. The number of carbonyl (C=O) groups is 4. The highest BCUT2D eigenvalue weighted by Gasteiger charge is 2.21. The topological polar surface area (TPSA) is 261 Å². The van der Waals surface area contributed by atoms with E-state index in [1.54, 1.807) is 79.7 Å². The Bertz CT molecular complexity index is 2930. The predicted octanol–water partition coefficient (Wildman–Crippen LogP) is 12.1. The smallest absolute Gasteiger partial charge is 0.340 e. The van der Waals surface area contributed by atoms with Crippen molar-refractivity contribution in [1.29, 1.82) is 0 Å². The maximum absolute atomic E-state index is 11.7. The van der Waals surface area contributed by atoms with E-state index in [2.05, 4.69) is 39.5 Å². The van der Waals surface area contributed by atoms with Crippen LogP contribution in [-0.4, -0.2) is 128 Å². The van der Waals surface area contributed by atoms with Crippen molar-refractivity contribution in [3.63, 3.8) is 0 Å². The predicted molar refractivity (Wildman–Crippen MR) is 321 cm³/mol. The molecule has 21 nitrogen and oxygen atoms in total. The van der Waals surface area contributed by atoms with Crippen LogP contribution in [0.4, 0.5) is 20.0 Å². The fourth-order valence-electron chi connectivity index (χ4n) is 5.10. The number of hydrogen-bond acceptors (Lipinski definition) is 24. The van der Waals surface area contributed by atoms with Crippen molar-refractivity contribution in [2.45, 2.75) is 82.6 Å². The zero-order valence-corrected chi connectivity index (χ0v) is 51.7. The molecule has 0 bridgehead atoms. The quantitative estimate of drug-likeness (QED) is 0.0424. The van der Waals surface area contributed by atoms with Crippen LogP contribution in [0.15, 0.2) is 60.9 Å². The molecule has 78 heavy (non-hydrogen) atoms. The van der Waals surface area contributed by atoms with Gasteiger partial charge in [-0.2, -0.15) is 0 Å². The van der Waals surface area contributed by atoms with E-state index in [0.29, 0.717) is 49.1 Å². The second-order valence-electron chi connectivity index (χ2n) is 14.7. The Balaban J connectivity index is 0. The summed E-state index contributed by atoms with van der Waals surface area (Å²) in [6.45, 7) is 18.7. The van der Waals surface area contributed by atoms with Crippen LogP contribution in [0.25, 0.3) is 10.2 Å². The Hall–Kier alpha value is -6.39. The highest BCUT2D eigenvalue weighted by Crippen LogP contribution is 2.32. The molecule has 0 atom stereocenters. The maximum Gasteiger partial charge on any atom is 0.340 e. The van der Waals surface area contributed by atoms with E-state index in [9.17, 15) is 24.0 Å². The highest BCUT2D eigenvalue weighted by atomic mass is 32.1. The van der Waals surface area contributed by atoms with Gasteiger partial charge in [0.25, 0.3) is 11.5 Å². The molecule has 0 radical (unpaired) electrons. The monoisotopic (exact) mass is 1180 g/mol. The molecule has 434 valence electrons. The van der Waals surface area contributed by atoms with Crippen molar-refractivity contribution >= 4 is 128 Å². The van der Waals surface area contributed by atoms with Crippen molar-refractivity contribution in [3.05, 3.63) is 94.2 Å². The lowest BCUT2D eigenvalue weighted by atomic mass is 10.3. The number of nitrogen functional groups attached to an aromatic ring is 1. The van der Waals surface area contributed by atoms with Crippen LogP contribution in [0, 0.1) is 27.7 Å². The molecule has 0 amide bonds. The summed E-state index contributed by atoms with van der Waals surface area (Å²) >= 11 is 7.20. The number of hydrogen-bond donors (Lipinski definition) is 2. The van der Waals surface area contributed by atoms with Crippen molar-refractivity contribution in [1.82, 2.24) is 9.55 Å². The third-order valence-corrected chi connectivity index (χ3v) is 14.0. The van der Waals surface area contributed by atoms with E-state index in [0.717, 1.165) is 41.5 Å². The minimum atomic E-state index is -0.875. The zero-order chi connectivity index (χ0) is 59.2. The summed E-state index contributed by atoms with van der Waals surface area (Å²) in [5, 5.41) is 9.85. The van der Waals surface area contributed by atoms with E-state index in [4.69, 9.17) is 34.2 Å². The molecule has 6 heterocycles. The largest absolute Gasteiger partial charge is 0.484 e. The average Bonchev–Trinajstić information content (AvgIpc) is 4.30. The lowest BCUT2D eigenvalue weighted by Crippen LogP contribution is -2.31. The number of aryl methyl sites for hydroxylation is 4. The number of amidine groups is 1. The SMILES string of the molecule is C.CC.CN=C(C)Nc1sc(C)cc1C(=O)OC.COC(=O)c1cc(C)sc1N=C(C)OC.COC(=O)c1ccsc1N.COC(=O)c1ccsc1N=C(C)OC.COC(C)(OC)OC.Cc1cc2c(=O)n(C)c(C)nc2s1. The Morgan fingerprint density at radius 2 is 1.06 bits per heavy atom. The van der Waals surface area contributed by atoms with Gasteiger partial charge in [0.15, 0.2) is 11.8 Å². The Morgan fingerprint density at radius 1 is 0.628 bits per heavy atom. The molecule has 0 fully saturated rings. The number of ether oxygens (including phenoxy) is 9. The van der Waals surface area contributed by atoms with Gasteiger partial charge in [-0.1, -0.05) is 21.3 Å². The molecule has 6 aromatic heterocycles. The van der Waals surface area contributed by atoms with E-state index in [1.165, 1.54) is 109 Å². The van der Waals surface area contributed by atoms with Gasteiger partial charge < -0.3 is 53.7 Å². The standard InChI is InChI=1S/C10H14N2O2S.C10H13NO3S.C9H10N2OS.C9H11NO3S.C6H7NO2S.C5H12O3.C2H6.CH4/c1-6-5-8(10(13)14-4)9(15-6)12-7(2)11-3;1-6-5-8(10(12)14-4)9(15-6)11-7(2)13-3;1-5-4-7-8(13-5)10-6(2)11(3)9(7)12;1-6(12-2)10-8-7(4-5-14-8)9(11)13-3;1-9-6(8)4-2-3-10-5(4)7;1-5(6-2,7-3)8-4;1-2;/h5H,1-4H3,(H,11,12);5H,1-4H3;4H,1-3H3;4-5H,1-3H3;2-3H,7H2,1H3;1-4H3;1-2H3;1H4. The number of anilines is 2. The van der Waals surface area contributed by atoms with Gasteiger partial charge in [0.1, 0.15) is 30.7 Å². The first-order valence-electron chi connectivity index (χ1n) is 22.8. The van der Waals surface area contributed by atoms with Crippen LogP contribution in [-0.2, 0) is 49.7 Å². The molecule has 0 aliphatic rings. The first kappa shape index (κ1) is 73.7. The minimum Gasteiger partial charge on any atom is -0.484 e. The van der Waals surface area contributed by atoms with Gasteiger partial charge >= 0.3 is 23.9 Å². The molecule has 0 aliphatic carbocycles. The summed E-state index contributed by atoms with van der Waals surface area (Å²) in [7, 11) is 16.5. The molecule has 0 saturated carbocycles. The average molecular weight is 1180 g/mol. The van der Waals surface area contributed by atoms with Crippen LogP contribution < -0.4 is 16.6 Å². The summed E-state index contributed by atoms with van der Waals surface area (Å²) in [4.78, 5) is 77.2. The first-order valence-corrected chi connectivity index (χ1v) is 27.0. The Labute approximate surface area is 478 Å². The number of aromatic nitrogens is 2. The van der Waals surface area contributed by atoms with Gasteiger partial charge in [-0.05, 0) is 75.7 Å². The molecule has 0 spiro atoms. The molecule has 6 rings (SSSR count). The molecular weight excluding hydrogens is 1110 g/mol. The molecule has 0 aliphatic heterocycles. The molecule has 6 aromatic rings.